The molecule has 0 radical (unpaired) electrons. The van der Waals surface area contributed by atoms with Crippen molar-refractivity contribution in [1.82, 2.24) is 0 Å². The van der Waals surface area contributed by atoms with Gasteiger partial charge in [0.1, 0.15) is 0 Å². The fraction of sp³-hybridized carbons (Fsp3) is 0.467. The van der Waals surface area contributed by atoms with Crippen LogP contribution in [0, 0.1) is 11.8 Å². The van der Waals surface area contributed by atoms with Gasteiger partial charge in [0.2, 0.25) is 0 Å². The number of fused-ring (bicyclic) bond motifs is 2. The van der Waals surface area contributed by atoms with Crippen LogP contribution in [0.3, 0.4) is 0 Å². The number of benzene rings is 2. The Kier molecular flexibility index (Phi) is 12.0. The van der Waals surface area contributed by atoms with Crippen molar-refractivity contribution >= 4 is 18.1 Å². The fourth-order valence-corrected chi connectivity index (χ4v) is 34.3. The molecule has 0 saturated carbocycles. The maximum absolute atomic E-state index is 2.62. The Morgan fingerprint density at radius 3 is 1.41 bits per heavy atom. The molecule has 0 saturated heterocycles. The Labute approximate surface area is 238 Å². The zero-order valence-corrected chi connectivity index (χ0v) is 28.5. The van der Waals surface area contributed by atoms with Crippen molar-refractivity contribution in [3.63, 3.8) is 0 Å². The van der Waals surface area contributed by atoms with Gasteiger partial charge in [0.25, 0.3) is 0 Å². The van der Waals surface area contributed by atoms with Crippen molar-refractivity contribution in [2.45, 2.75) is 73.7 Å². The second kappa shape index (κ2) is 13.5. The van der Waals surface area contributed by atoms with Crippen molar-refractivity contribution in [1.29, 1.82) is 0 Å². The zero-order chi connectivity index (χ0) is 22.8. The first-order chi connectivity index (χ1) is 15.4. The van der Waals surface area contributed by atoms with E-state index in [-0.39, 0.29) is 34.0 Å². The Morgan fingerprint density at radius 2 is 1.06 bits per heavy atom. The summed E-state index contributed by atoms with van der Waals surface area (Å²) in [6.07, 6.45) is 7.78. The molecule has 2 unspecified atom stereocenters. The van der Waals surface area contributed by atoms with Gasteiger partial charge < -0.3 is 34.0 Å². The molecular formula is C30H41Br2SiZr. The normalized spacial score (nSPS) is 18.3. The molecule has 4 rings (SSSR count). The van der Waals surface area contributed by atoms with E-state index >= 15 is 0 Å². The van der Waals surface area contributed by atoms with Gasteiger partial charge in [0.05, 0.1) is 0 Å². The molecule has 2 aliphatic carbocycles. The molecule has 0 aromatic heterocycles. The molecule has 0 heterocycles. The summed E-state index contributed by atoms with van der Waals surface area (Å²) >= 11 is -1.96. The molecule has 183 valence electrons. The van der Waals surface area contributed by atoms with Crippen molar-refractivity contribution in [3.05, 3.63) is 81.9 Å². The van der Waals surface area contributed by atoms with E-state index < -0.39 is 26.8 Å². The van der Waals surface area contributed by atoms with E-state index in [0.717, 1.165) is 19.1 Å². The first-order valence-electron chi connectivity index (χ1n) is 12.9. The number of rotatable bonds is 9. The molecule has 2 aromatic carbocycles. The maximum Gasteiger partial charge on any atom is -1.00 e. The van der Waals surface area contributed by atoms with Crippen LogP contribution >= 0.6 is 0 Å². The predicted molar refractivity (Wildman–Crippen MR) is 141 cm³/mol. The molecule has 34 heavy (non-hydrogen) atoms. The molecule has 0 spiro atoms. The van der Waals surface area contributed by atoms with Gasteiger partial charge in [-0.1, -0.05) is 0 Å². The van der Waals surface area contributed by atoms with Crippen molar-refractivity contribution in [2.24, 2.45) is 11.8 Å². The topological polar surface area (TPSA) is 0 Å². The minimum absolute atomic E-state index is 0. The molecule has 0 fully saturated rings. The van der Waals surface area contributed by atoms with Gasteiger partial charge in [-0.15, -0.1) is 0 Å². The molecule has 0 N–H and O–H groups in total. The van der Waals surface area contributed by atoms with Crippen LogP contribution in [0.2, 0.25) is 12.1 Å². The molecule has 0 bridgehead atoms. The SMILES string of the molecule is CC[SiH](CC)[Zr+2]([CH]1C(CC(C)C)=Cc2ccccc21)[CH]1C(CC(C)C)=Cc2ccccc21.[Br-].[Br-]. The summed E-state index contributed by atoms with van der Waals surface area (Å²) in [6.45, 7) is 14.7. The molecular weight excluding hydrogens is 639 g/mol. The van der Waals surface area contributed by atoms with Gasteiger partial charge in [-0.3, -0.25) is 0 Å². The third-order valence-electron chi connectivity index (χ3n) is 7.45. The summed E-state index contributed by atoms with van der Waals surface area (Å²) in [5, 5.41) is 0. The second-order valence-corrected chi connectivity index (χ2v) is 29.1. The summed E-state index contributed by atoms with van der Waals surface area (Å²) in [6, 6.07) is 21.8. The largest absolute Gasteiger partial charge is 1.00 e. The third kappa shape index (κ3) is 6.27. The van der Waals surface area contributed by atoms with E-state index in [9.17, 15) is 0 Å². The van der Waals surface area contributed by atoms with Crippen LogP contribution in [0.1, 0.15) is 83.9 Å². The number of hydrogen-bond acceptors (Lipinski definition) is 0. The van der Waals surface area contributed by atoms with E-state index in [1.165, 1.54) is 36.1 Å². The van der Waals surface area contributed by atoms with Crippen LogP contribution in [-0.2, 0) is 20.9 Å². The standard InChI is InChI=1S/2C13H15.C4H11Si.2BrH.Zr/c2*1-10(2)7-11-8-12-5-3-4-6-13(12)9-11;1-3-5-4-2;;;/h2*3-6,8-10H,7H2,1-2H3;5H,3-4H2,1-2H3;2*1H;/q;;;;;+2/p-2. The van der Waals surface area contributed by atoms with E-state index in [0.29, 0.717) is 0 Å². The van der Waals surface area contributed by atoms with Gasteiger partial charge in [-0.2, -0.15) is 0 Å². The van der Waals surface area contributed by atoms with Crippen LogP contribution in [0.15, 0.2) is 59.7 Å². The monoisotopic (exact) mass is 677 g/mol. The Morgan fingerprint density at radius 1 is 0.676 bits per heavy atom. The fourth-order valence-electron chi connectivity index (χ4n) is 6.26. The Balaban J connectivity index is 0.00000204. The van der Waals surface area contributed by atoms with Crippen LogP contribution in [0.25, 0.3) is 12.2 Å². The number of halogens is 2. The minimum atomic E-state index is -1.96. The predicted octanol–water partition coefficient (Wildman–Crippen LogP) is 2.75. The minimum Gasteiger partial charge on any atom is -1.00 e. The summed E-state index contributed by atoms with van der Waals surface area (Å²) in [4.78, 5) is 0. The maximum atomic E-state index is 2.62. The molecule has 0 amide bonds. The first-order valence-corrected chi connectivity index (χ1v) is 22.2. The number of allylic oxidation sites excluding steroid dienone is 2. The molecule has 0 aliphatic heterocycles. The summed E-state index contributed by atoms with van der Waals surface area (Å²) in [5.74, 6) is 0.675. The van der Waals surface area contributed by atoms with Crippen molar-refractivity contribution in [2.75, 3.05) is 0 Å². The van der Waals surface area contributed by atoms with Gasteiger partial charge in [0.15, 0.2) is 0 Å². The summed E-state index contributed by atoms with van der Waals surface area (Å²) in [5.41, 5.74) is 10.1. The Hall–Kier alpha value is -0.0200. The van der Waals surface area contributed by atoms with E-state index in [1.54, 1.807) is 22.3 Å². The van der Waals surface area contributed by atoms with Crippen LogP contribution in [0.4, 0.5) is 0 Å². The summed E-state index contributed by atoms with van der Waals surface area (Å²) < 4.78 is 1.58. The van der Waals surface area contributed by atoms with E-state index in [2.05, 4.69) is 102 Å². The third-order valence-corrected chi connectivity index (χ3v) is 33.9. The van der Waals surface area contributed by atoms with Crippen molar-refractivity contribution in [3.8, 4) is 0 Å². The van der Waals surface area contributed by atoms with Crippen molar-refractivity contribution < 1.29 is 54.9 Å². The van der Waals surface area contributed by atoms with Gasteiger partial charge in [-0.05, 0) is 0 Å². The van der Waals surface area contributed by atoms with Crippen LogP contribution < -0.4 is 34.0 Å². The molecule has 2 aliphatic rings. The van der Waals surface area contributed by atoms with Gasteiger partial charge in [-0.25, -0.2) is 0 Å². The van der Waals surface area contributed by atoms with Gasteiger partial charge >= 0.3 is 206 Å². The smallest absolute Gasteiger partial charge is 1.00 e. The average molecular weight is 681 g/mol. The zero-order valence-electron chi connectivity index (χ0n) is 21.7. The number of hydrogen-bond donors (Lipinski definition) is 0. The summed E-state index contributed by atoms with van der Waals surface area (Å²) in [7, 11) is 0. The molecule has 2 atom stereocenters. The quantitative estimate of drug-likeness (QED) is 0.358. The van der Waals surface area contributed by atoms with E-state index in [4.69, 9.17) is 0 Å². The first kappa shape index (κ1) is 30.2. The molecule has 2 aromatic rings. The van der Waals surface area contributed by atoms with Crippen LogP contribution in [-0.4, -0.2) is 5.92 Å². The molecule has 4 heteroatoms. The van der Waals surface area contributed by atoms with Crippen LogP contribution in [0.5, 0.6) is 0 Å². The second-order valence-electron chi connectivity index (χ2n) is 10.8. The van der Waals surface area contributed by atoms with Gasteiger partial charge in [0, 0.05) is 0 Å². The molecule has 0 nitrogen and oxygen atoms in total. The average Bonchev–Trinajstić information content (AvgIpc) is 3.28. The Bertz CT molecular complexity index is 931. The van der Waals surface area contributed by atoms with E-state index in [1.807, 2.05) is 0 Å².